The molecule has 4 nitrogen and oxygen atoms in total. The van der Waals surface area contributed by atoms with E-state index in [9.17, 15) is 4.79 Å². The molecule has 3 rings (SSSR count). The van der Waals surface area contributed by atoms with Crippen molar-refractivity contribution < 1.29 is 9.21 Å². The Morgan fingerprint density at radius 2 is 2.32 bits per heavy atom. The molecule has 0 spiro atoms. The first-order chi connectivity index (χ1) is 10.6. The first kappa shape index (κ1) is 15.2. The molecule has 0 saturated heterocycles. The molecule has 0 saturated carbocycles. The third-order valence-corrected chi connectivity index (χ3v) is 5.47. The van der Waals surface area contributed by atoms with Crippen LogP contribution in [0.5, 0.6) is 0 Å². The summed E-state index contributed by atoms with van der Waals surface area (Å²) < 4.78 is 5.46. The zero-order valence-corrected chi connectivity index (χ0v) is 13.8. The standard InChI is InChI=1S/C17H22N2O2S/c1-17(2,15-7-4-10-22-15)11-18-16(20)19-13-5-3-6-14-12(13)8-9-21-14/h4,7-10,13H,3,5-6,11H2,1-2H3,(H2,18,19,20). The van der Waals surface area contributed by atoms with E-state index in [0.717, 1.165) is 30.6 Å². The molecule has 0 radical (unpaired) electrons. The first-order valence-electron chi connectivity index (χ1n) is 7.71. The summed E-state index contributed by atoms with van der Waals surface area (Å²) in [5.41, 5.74) is 1.07. The van der Waals surface area contributed by atoms with E-state index < -0.39 is 0 Å². The molecule has 2 aromatic heterocycles. The van der Waals surface area contributed by atoms with Gasteiger partial charge in [0.2, 0.25) is 0 Å². The molecular weight excluding hydrogens is 296 g/mol. The van der Waals surface area contributed by atoms with E-state index in [4.69, 9.17) is 4.42 Å². The summed E-state index contributed by atoms with van der Waals surface area (Å²) in [4.78, 5) is 13.5. The summed E-state index contributed by atoms with van der Waals surface area (Å²) in [6.45, 7) is 4.91. The van der Waals surface area contributed by atoms with Crippen molar-refractivity contribution in [3.8, 4) is 0 Å². The minimum absolute atomic E-state index is 0.0567. The molecule has 0 bridgehead atoms. The van der Waals surface area contributed by atoms with Crippen LogP contribution >= 0.6 is 11.3 Å². The van der Waals surface area contributed by atoms with Crippen LogP contribution in [0.25, 0.3) is 0 Å². The number of fused-ring (bicyclic) bond motifs is 1. The van der Waals surface area contributed by atoms with E-state index in [1.807, 2.05) is 12.1 Å². The molecule has 1 aliphatic rings. The highest BCUT2D eigenvalue weighted by Gasteiger charge is 2.26. The maximum absolute atomic E-state index is 12.2. The van der Waals surface area contributed by atoms with Crippen molar-refractivity contribution in [3.05, 3.63) is 46.0 Å². The van der Waals surface area contributed by atoms with Gasteiger partial charge in [0.05, 0.1) is 12.3 Å². The Morgan fingerprint density at radius 1 is 1.45 bits per heavy atom. The lowest BCUT2D eigenvalue weighted by Gasteiger charge is -2.26. The molecule has 2 N–H and O–H groups in total. The van der Waals surface area contributed by atoms with E-state index in [-0.39, 0.29) is 17.5 Å². The van der Waals surface area contributed by atoms with E-state index in [2.05, 4.69) is 35.9 Å². The number of carbonyl (C=O) groups is 1. The third-order valence-electron chi connectivity index (χ3n) is 4.24. The Morgan fingerprint density at radius 3 is 3.09 bits per heavy atom. The van der Waals surface area contributed by atoms with Crippen molar-refractivity contribution in [1.29, 1.82) is 0 Å². The van der Waals surface area contributed by atoms with Crippen LogP contribution in [-0.4, -0.2) is 12.6 Å². The van der Waals surface area contributed by atoms with E-state index in [0.29, 0.717) is 6.54 Å². The first-order valence-corrected chi connectivity index (χ1v) is 8.59. The van der Waals surface area contributed by atoms with Gasteiger partial charge in [-0.15, -0.1) is 11.3 Å². The van der Waals surface area contributed by atoms with Crippen LogP contribution in [0.1, 0.15) is 48.9 Å². The van der Waals surface area contributed by atoms with Gasteiger partial charge in [0.1, 0.15) is 5.76 Å². The number of furan rings is 1. The number of thiophene rings is 1. The number of carbonyl (C=O) groups excluding carboxylic acids is 1. The normalized spacial score (nSPS) is 17.8. The van der Waals surface area contributed by atoms with Crippen LogP contribution in [0.3, 0.4) is 0 Å². The second kappa shape index (κ2) is 6.16. The number of aryl methyl sites for hydroxylation is 1. The van der Waals surface area contributed by atoms with Gasteiger partial charge in [-0.2, -0.15) is 0 Å². The number of hydrogen-bond donors (Lipinski definition) is 2. The largest absolute Gasteiger partial charge is 0.469 e. The summed E-state index contributed by atoms with van der Waals surface area (Å²) in [6, 6.07) is 6.08. The van der Waals surface area contributed by atoms with Crippen molar-refractivity contribution in [2.75, 3.05) is 6.54 Å². The molecule has 5 heteroatoms. The second-order valence-corrected chi connectivity index (χ2v) is 7.38. The highest BCUT2D eigenvalue weighted by Crippen LogP contribution is 2.30. The maximum Gasteiger partial charge on any atom is 0.315 e. The van der Waals surface area contributed by atoms with Crippen molar-refractivity contribution in [3.63, 3.8) is 0 Å². The predicted molar refractivity (Wildman–Crippen MR) is 88.3 cm³/mol. The number of urea groups is 1. The van der Waals surface area contributed by atoms with Crippen molar-refractivity contribution in [1.82, 2.24) is 10.6 Å². The number of nitrogens with one attached hydrogen (secondary N) is 2. The van der Waals surface area contributed by atoms with Gasteiger partial charge in [-0.1, -0.05) is 19.9 Å². The molecule has 22 heavy (non-hydrogen) atoms. The van der Waals surface area contributed by atoms with Gasteiger partial charge in [-0.05, 0) is 30.4 Å². The molecule has 1 aliphatic carbocycles. The van der Waals surface area contributed by atoms with Crippen LogP contribution in [0.15, 0.2) is 34.3 Å². The summed E-state index contributed by atoms with van der Waals surface area (Å²) in [6.07, 6.45) is 4.69. The van der Waals surface area contributed by atoms with E-state index >= 15 is 0 Å². The smallest absolute Gasteiger partial charge is 0.315 e. The Hall–Kier alpha value is -1.75. The van der Waals surface area contributed by atoms with Crippen LogP contribution < -0.4 is 10.6 Å². The number of amides is 2. The summed E-state index contributed by atoms with van der Waals surface area (Å²) in [5, 5.41) is 8.15. The summed E-state index contributed by atoms with van der Waals surface area (Å²) in [5.74, 6) is 1.01. The Bertz CT molecular complexity index is 631. The zero-order valence-electron chi connectivity index (χ0n) is 13.0. The monoisotopic (exact) mass is 318 g/mol. The van der Waals surface area contributed by atoms with E-state index in [1.54, 1.807) is 17.6 Å². The third kappa shape index (κ3) is 3.19. The van der Waals surface area contributed by atoms with Crippen LogP contribution in [0, 0.1) is 0 Å². The van der Waals surface area contributed by atoms with Crippen molar-refractivity contribution in [2.45, 2.75) is 44.6 Å². The molecule has 0 aliphatic heterocycles. The molecule has 0 fully saturated rings. The van der Waals surface area contributed by atoms with Crippen molar-refractivity contribution >= 4 is 17.4 Å². The SMILES string of the molecule is CC(C)(CNC(=O)NC1CCCc2occc21)c1cccs1. The van der Waals surface area contributed by atoms with Gasteiger partial charge in [-0.25, -0.2) is 4.79 Å². The number of hydrogen-bond acceptors (Lipinski definition) is 3. The summed E-state index contributed by atoms with van der Waals surface area (Å²) >= 11 is 1.72. The molecule has 2 amide bonds. The molecule has 2 aromatic rings. The Balaban J connectivity index is 1.56. The summed E-state index contributed by atoms with van der Waals surface area (Å²) in [7, 11) is 0. The zero-order chi connectivity index (χ0) is 15.6. The van der Waals surface area contributed by atoms with Crippen molar-refractivity contribution in [2.24, 2.45) is 0 Å². The van der Waals surface area contributed by atoms with E-state index in [1.165, 1.54) is 4.88 Å². The van der Waals surface area contributed by atoms with Gasteiger partial charge in [0.25, 0.3) is 0 Å². The average molecular weight is 318 g/mol. The van der Waals surface area contributed by atoms with Gasteiger partial charge < -0.3 is 15.1 Å². The lowest BCUT2D eigenvalue weighted by molar-refractivity contribution is 0.232. The molecule has 1 atom stereocenters. The molecule has 1 unspecified atom stereocenters. The average Bonchev–Trinajstić information content (AvgIpc) is 3.17. The van der Waals surface area contributed by atoms with Crippen LogP contribution in [0.4, 0.5) is 4.79 Å². The van der Waals surface area contributed by atoms with Gasteiger partial charge in [-0.3, -0.25) is 0 Å². The fourth-order valence-electron chi connectivity index (χ4n) is 2.90. The maximum atomic E-state index is 12.2. The van der Waals surface area contributed by atoms with Gasteiger partial charge >= 0.3 is 6.03 Å². The topological polar surface area (TPSA) is 54.3 Å². The van der Waals surface area contributed by atoms with Crippen LogP contribution in [-0.2, 0) is 11.8 Å². The molecule has 2 heterocycles. The molecular formula is C17H22N2O2S. The Labute approximate surface area is 134 Å². The Kier molecular flexibility index (Phi) is 4.25. The lowest BCUT2D eigenvalue weighted by Crippen LogP contribution is -2.43. The highest BCUT2D eigenvalue weighted by atomic mass is 32.1. The minimum Gasteiger partial charge on any atom is -0.469 e. The number of rotatable bonds is 4. The van der Waals surface area contributed by atoms with Crippen LogP contribution in [0.2, 0.25) is 0 Å². The fraction of sp³-hybridized carbons (Fsp3) is 0.471. The molecule has 0 aromatic carbocycles. The highest BCUT2D eigenvalue weighted by molar-refractivity contribution is 7.10. The predicted octanol–water partition coefficient (Wildman–Crippen LogP) is 4.00. The minimum atomic E-state index is -0.108. The molecule has 118 valence electrons. The lowest BCUT2D eigenvalue weighted by atomic mass is 9.91. The fourth-order valence-corrected chi connectivity index (χ4v) is 3.75. The quantitative estimate of drug-likeness (QED) is 0.895. The van der Waals surface area contributed by atoms with Gasteiger partial charge in [0.15, 0.2) is 0 Å². The van der Waals surface area contributed by atoms with Gasteiger partial charge in [0, 0.05) is 28.8 Å². The second-order valence-electron chi connectivity index (χ2n) is 6.43.